The van der Waals surface area contributed by atoms with Gasteiger partial charge < -0.3 is 10.8 Å². The minimum atomic E-state index is 0. The van der Waals surface area contributed by atoms with Gasteiger partial charge in [-0.1, -0.05) is 24.4 Å². The van der Waals surface area contributed by atoms with E-state index in [9.17, 15) is 0 Å². The summed E-state index contributed by atoms with van der Waals surface area (Å²) in [6.07, 6.45) is 0. The van der Waals surface area contributed by atoms with Gasteiger partial charge >= 0.3 is 48.9 Å². The molecule has 0 N–H and O–H groups in total. The molecule has 0 unspecified atom stereocenters. The Balaban J connectivity index is -0.0000000400. The summed E-state index contributed by atoms with van der Waals surface area (Å²) in [5.41, 5.74) is 0. The molecule has 0 spiro atoms. The maximum atomic E-state index is 7.13. The number of hydrogen-bond acceptors (Lipinski definition) is 2. The number of hydrogen-bond donors (Lipinski definition) is 0. The van der Waals surface area contributed by atoms with Crippen LogP contribution in [0.15, 0.2) is 0 Å². The minimum Gasteiger partial charge on any atom is -0.753 e. The van der Waals surface area contributed by atoms with E-state index in [1.54, 1.807) is 0 Å². The molecule has 0 aliphatic carbocycles. The third-order valence-electron chi connectivity index (χ3n) is 0. The summed E-state index contributed by atoms with van der Waals surface area (Å²) in [7, 11) is 0. The molecular formula is C2BaN2S2. The first-order valence-corrected chi connectivity index (χ1v) is 1.67. The Morgan fingerprint density at radius 3 is 1.00 bits per heavy atom. The molecule has 2 nitrogen and oxygen atoms in total. The van der Waals surface area contributed by atoms with Gasteiger partial charge in [0.05, 0.1) is 0 Å². The second-order valence-electron chi connectivity index (χ2n) is 0.183. The molecule has 5 heteroatoms. The first-order chi connectivity index (χ1) is 2.83. The molecule has 32 valence electrons. The molecule has 0 atom stereocenters. The second-order valence-corrected chi connectivity index (χ2v) is 0.548. The van der Waals surface area contributed by atoms with Crippen LogP contribution >= 0.6 is 24.4 Å². The Labute approximate surface area is 92.8 Å². The summed E-state index contributed by atoms with van der Waals surface area (Å²) in [5, 5.41) is 16.9. The van der Waals surface area contributed by atoms with E-state index < -0.39 is 0 Å². The van der Waals surface area contributed by atoms with Crippen LogP contribution in [0.2, 0.25) is 0 Å². The summed E-state index contributed by atoms with van der Waals surface area (Å²) in [6.45, 7) is 0. The summed E-state index contributed by atoms with van der Waals surface area (Å²) < 4.78 is 0. The van der Waals surface area contributed by atoms with Crippen LogP contribution in [-0.2, 0) is 0 Å². The molecule has 0 saturated heterocycles. The van der Waals surface area contributed by atoms with E-state index in [0.29, 0.717) is 0 Å². The third-order valence-corrected chi connectivity index (χ3v) is 0. The summed E-state index contributed by atoms with van der Waals surface area (Å²) in [5.74, 6) is 0. The van der Waals surface area contributed by atoms with Crippen molar-refractivity contribution in [3.05, 3.63) is 10.8 Å². The first kappa shape index (κ1) is 15.7. The van der Waals surface area contributed by atoms with Crippen molar-refractivity contribution in [1.29, 1.82) is 0 Å². The van der Waals surface area contributed by atoms with E-state index in [1.807, 2.05) is 0 Å². The van der Waals surface area contributed by atoms with E-state index in [2.05, 4.69) is 24.4 Å². The Kier molecular flexibility index (Phi) is 61.0. The van der Waals surface area contributed by atoms with Crippen molar-refractivity contribution in [2.24, 2.45) is 0 Å². The van der Waals surface area contributed by atoms with Crippen molar-refractivity contribution >= 4 is 83.6 Å². The van der Waals surface area contributed by atoms with Crippen LogP contribution in [0, 0.1) is 0 Å². The van der Waals surface area contributed by atoms with Crippen LogP contribution in [0.4, 0.5) is 0 Å². The van der Waals surface area contributed by atoms with Gasteiger partial charge in [0, 0.05) is 0 Å². The van der Waals surface area contributed by atoms with Crippen LogP contribution in [0.25, 0.3) is 10.8 Å². The van der Waals surface area contributed by atoms with Crippen molar-refractivity contribution in [1.82, 2.24) is 0 Å². The maximum absolute atomic E-state index is 7.13. The first-order valence-electron chi connectivity index (χ1n) is 0.855. The van der Waals surface area contributed by atoms with Crippen LogP contribution < -0.4 is 0 Å². The second kappa shape index (κ2) is 27.2. The van der Waals surface area contributed by atoms with Gasteiger partial charge in [-0.15, -0.1) is 0 Å². The molecule has 0 aromatic heterocycles. The maximum Gasteiger partial charge on any atom is 2.00 e. The van der Waals surface area contributed by atoms with Crippen molar-refractivity contribution in [2.45, 2.75) is 0 Å². The molecule has 0 fully saturated rings. The fourth-order valence-electron chi connectivity index (χ4n) is 0. The molecule has 0 aliphatic heterocycles. The zero-order valence-electron chi connectivity index (χ0n) is 3.42. The predicted molar refractivity (Wildman–Crippen MR) is 37.7 cm³/mol. The van der Waals surface area contributed by atoms with Gasteiger partial charge in [0.2, 0.25) is 0 Å². The molecule has 0 heterocycles. The zero-order valence-corrected chi connectivity index (χ0v) is 9.49. The third kappa shape index (κ3) is 140. The molecule has 0 bridgehead atoms. The van der Waals surface area contributed by atoms with Gasteiger partial charge in [-0.25, -0.2) is 0 Å². The summed E-state index contributed by atoms with van der Waals surface area (Å²) >= 11 is 7.40. The number of nitrogens with zero attached hydrogens (tertiary/aromatic N) is 2. The molecule has 0 aromatic rings. The van der Waals surface area contributed by atoms with Crippen LogP contribution in [-0.4, -0.2) is 59.2 Å². The van der Waals surface area contributed by atoms with Crippen molar-refractivity contribution in [3.8, 4) is 0 Å². The van der Waals surface area contributed by atoms with Crippen molar-refractivity contribution < 1.29 is 0 Å². The number of rotatable bonds is 0. The number of thiocarbonyl (C=S) groups is 2. The van der Waals surface area contributed by atoms with Gasteiger partial charge in [-0.05, 0) is 0 Å². The molecule has 0 rings (SSSR count). The molecule has 0 aromatic carbocycles. The van der Waals surface area contributed by atoms with Gasteiger partial charge in [0.1, 0.15) is 0 Å². The molecule has 7 heavy (non-hydrogen) atoms. The summed E-state index contributed by atoms with van der Waals surface area (Å²) in [4.78, 5) is 0. The van der Waals surface area contributed by atoms with E-state index in [1.165, 1.54) is 10.3 Å². The Bertz CT molecular complexity index is 67.7. The SMILES string of the molecule is [Ba+2].[N-]=C=S.[N-]=C=S. The Morgan fingerprint density at radius 2 is 1.00 bits per heavy atom. The smallest absolute Gasteiger partial charge is 0.753 e. The Hall–Kier alpha value is 1.17. The molecule has 0 aliphatic rings. The molecular weight excluding hydrogens is 253 g/mol. The molecule has 0 amide bonds. The largest absolute Gasteiger partial charge is 2.00 e. The van der Waals surface area contributed by atoms with E-state index >= 15 is 0 Å². The minimum absolute atomic E-state index is 0. The standard InChI is InChI=1S/2CNS.Ba/c2*2-1-3;/q2*-1;+2. The van der Waals surface area contributed by atoms with Gasteiger partial charge in [-0.2, -0.15) is 10.3 Å². The fourth-order valence-corrected chi connectivity index (χ4v) is 0. The van der Waals surface area contributed by atoms with Crippen molar-refractivity contribution in [3.63, 3.8) is 0 Å². The number of isothiocyanates is 2. The normalized spacial score (nSPS) is 2.29. The average molecular weight is 253 g/mol. The fraction of sp³-hybridized carbons (Fsp3) is 0. The molecule has 0 radical (unpaired) electrons. The molecule has 0 saturated carbocycles. The monoisotopic (exact) mass is 254 g/mol. The van der Waals surface area contributed by atoms with Crippen LogP contribution in [0.5, 0.6) is 0 Å². The van der Waals surface area contributed by atoms with Crippen molar-refractivity contribution in [2.75, 3.05) is 0 Å². The Morgan fingerprint density at radius 1 is 1.00 bits per heavy atom. The summed E-state index contributed by atoms with van der Waals surface area (Å²) in [6, 6.07) is 0. The predicted octanol–water partition coefficient (Wildman–Crippen LogP) is 0.936. The zero-order chi connectivity index (χ0) is 5.41. The van der Waals surface area contributed by atoms with E-state index in [4.69, 9.17) is 10.8 Å². The quantitative estimate of drug-likeness (QED) is 0.366. The van der Waals surface area contributed by atoms with Crippen LogP contribution in [0.1, 0.15) is 0 Å². The topological polar surface area (TPSA) is 44.6 Å². The van der Waals surface area contributed by atoms with Gasteiger partial charge in [0.15, 0.2) is 0 Å². The van der Waals surface area contributed by atoms with Gasteiger partial charge in [0.25, 0.3) is 0 Å². The van der Waals surface area contributed by atoms with Crippen LogP contribution in [0.3, 0.4) is 0 Å². The average Bonchev–Trinajstić information content (AvgIpc) is 1.39. The van der Waals surface area contributed by atoms with E-state index in [-0.39, 0.29) is 48.9 Å². The van der Waals surface area contributed by atoms with E-state index in [0.717, 1.165) is 0 Å². The van der Waals surface area contributed by atoms with Gasteiger partial charge in [-0.3, -0.25) is 0 Å².